The number of aryl methyl sites for hydroxylation is 1. The molecule has 6 heteroatoms. The van der Waals surface area contributed by atoms with Crippen LogP contribution in [0.15, 0.2) is 23.1 Å². The lowest BCUT2D eigenvalue weighted by Gasteiger charge is -2.19. The molecule has 0 heterocycles. The molecule has 0 saturated carbocycles. The van der Waals surface area contributed by atoms with Gasteiger partial charge in [-0.2, -0.15) is 0 Å². The van der Waals surface area contributed by atoms with E-state index in [1.54, 1.807) is 11.8 Å². The molecule has 0 saturated heterocycles. The van der Waals surface area contributed by atoms with Crippen molar-refractivity contribution >= 4 is 30.3 Å². The monoisotopic (exact) mass is 278 g/mol. The van der Waals surface area contributed by atoms with Gasteiger partial charge in [0.2, 0.25) is 0 Å². The van der Waals surface area contributed by atoms with Gasteiger partial charge in [0, 0.05) is 30.9 Å². The van der Waals surface area contributed by atoms with Gasteiger partial charge in [-0.05, 0) is 36.9 Å². The molecule has 1 rings (SSSR count). The minimum Gasteiger partial charge on any atom is -0.424 e. The van der Waals surface area contributed by atoms with Crippen LogP contribution in [0.1, 0.15) is 5.56 Å². The van der Waals surface area contributed by atoms with Gasteiger partial charge >= 0.3 is 6.72 Å². The van der Waals surface area contributed by atoms with Crippen molar-refractivity contribution in [3.05, 3.63) is 23.8 Å². The van der Waals surface area contributed by atoms with Gasteiger partial charge in [0.25, 0.3) is 0 Å². The summed E-state index contributed by atoms with van der Waals surface area (Å²) in [5, 5.41) is 0. The van der Waals surface area contributed by atoms with Crippen molar-refractivity contribution in [2.24, 2.45) is 0 Å². The summed E-state index contributed by atoms with van der Waals surface area (Å²) < 4.78 is 15.8. The minimum absolute atomic E-state index is 0.713. The summed E-state index contributed by atoms with van der Waals surface area (Å²) in [6, 6.07) is 5.92. The topological polar surface area (TPSA) is 27.7 Å². The molecule has 1 aromatic carbocycles. The molecule has 0 bridgehead atoms. The van der Waals surface area contributed by atoms with E-state index < -0.39 is 6.72 Å². The van der Waals surface area contributed by atoms with Gasteiger partial charge in [0.15, 0.2) is 0 Å². The van der Waals surface area contributed by atoms with Crippen molar-refractivity contribution in [2.45, 2.75) is 11.8 Å². The van der Waals surface area contributed by atoms with Crippen LogP contribution in [0.5, 0.6) is 5.75 Å². The Kier molecular flexibility index (Phi) is 5.28. The molecule has 0 aliphatic rings. The third-order valence-corrected chi connectivity index (χ3v) is 5.20. The van der Waals surface area contributed by atoms with Crippen LogP contribution in [0.2, 0.25) is 0 Å². The third kappa shape index (κ3) is 3.47. The highest BCUT2D eigenvalue weighted by Crippen LogP contribution is 2.49. The van der Waals surface area contributed by atoms with Crippen molar-refractivity contribution in [1.82, 2.24) is 0 Å². The van der Waals surface area contributed by atoms with Gasteiger partial charge < -0.3 is 13.6 Å². The fraction of sp³-hybridized carbons (Fsp3) is 0.400. The average Bonchev–Trinajstić information content (AvgIpc) is 2.31. The first-order valence-electron chi connectivity index (χ1n) is 4.60. The Labute approximate surface area is 106 Å². The molecule has 0 radical (unpaired) electrons. The molecule has 0 aromatic heterocycles. The molecule has 16 heavy (non-hydrogen) atoms. The van der Waals surface area contributed by atoms with E-state index >= 15 is 0 Å². The fourth-order valence-corrected chi connectivity index (χ4v) is 2.60. The normalized spacial score (nSPS) is 11.5. The Morgan fingerprint density at radius 3 is 2.31 bits per heavy atom. The lowest BCUT2D eigenvalue weighted by molar-refractivity contribution is 0.272. The fourth-order valence-electron chi connectivity index (χ4n) is 1.12. The van der Waals surface area contributed by atoms with Gasteiger partial charge in [0.1, 0.15) is 5.75 Å². The average molecular weight is 278 g/mol. The highest BCUT2D eigenvalue weighted by atomic mass is 32.5. The van der Waals surface area contributed by atoms with Crippen molar-refractivity contribution in [2.75, 3.05) is 20.5 Å². The van der Waals surface area contributed by atoms with E-state index in [4.69, 9.17) is 25.4 Å². The maximum Gasteiger partial charge on any atom is 0.380 e. The zero-order chi connectivity index (χ0) is 12.2. The first-order valence-corrected chi connectivity index (χ1v) is 8.38. The molecular weight excluding hydrogens is 263 g/mol. The molecular formula is C10H15O3PS2. The summed E-state index contributed by atoms with van der Waals surface area (Å²) in [7, 11) is 2.99. The molecule has 3 nitrogen and oxygen atoms in total. The summed E-state index contributed by atoms with van der Waals surface area (Å²) in [4.78, 5) is 1.19. The Bertz CT molecular complexity index is 401. The van der Waals surface area contributed by atoms with E-state index in [0.717, 1.165) is 5.56 Å². The maximum atomic E-state index is 5.60. The zero-order valence-corrected chi connectivity index (χ0v) is 12.2. The second-order valence-corrected chi connectivity index (χ2v) is 7.06. The van der Waals surface area contributed by atoms with Gasteiger partial charge in [-0.3, -0.25) is 0 Å². The van der Waals surface area contributed by atoms with E-state index in [1.807, 2.05) is 31.4 Å². The molecule has 0 fully saturated rings. The predicted octanol–water partition coefficient (Wildman–Crippen LogP) is 3.61. The van der Waals surface area contributed by atoms with Crippen molar-refractivity contribution in [1.29, 1.82) is 0 Å². The quantitative estimate of drug-likeness (QED) is 0.606. The van der Waals surface area contributed by atoms with E-state index in [1.165, 1.54) is 19.1 Å². The summed E-state index contributed by atoms with van der Waals surface area (Å²) in [6.07, 6.45) is 2.03. The van der Waals surface area contributed by atoms with Gasteiger partial charge in [0.05, 0.1) is 0 Å². The number of rotatable bonds is 5. The molecule has 0 atom stereocenters. The van der Waals surface area contributed by atoms with Crippen LogP contribution in [0.25, 0.3) is 0 Å². The highest BCUT2D eigenvalue weighted by molar-refractivity contribution is 8.07. The second kappa shape index (κ2) is 6.03. The van der Waals surface area contributed by atoms with Gasteiger partial charge in [-0.15, -0.1) is 11.8 Å². The van der Waals surface area contributed by atoms with Crippen LogP contribution in [0.4, 0.5) is 0 Å². The van der Waals surface area contributed by atoms with Crippen molar-refractivity contribution < 1.29 is 13.6 Å². The Hall–Kier alpha value is -0.0600. The molecule has 1 aromatic rings. The molecule has 0 N–H and O–H groups in total. The lowest BCUT2D eigenvalue weighted by Crippen LogP contribution is -1.98. The Morgan fingerprint density at radius 1 is 1.25 bits per heavy atom. The van der Waals surface area contributed by atoms with E-state index in [-0.39, 0.29) is 0 Å². The first-order chi connectivity index (χ1) is 7.54. The molecule has 0 amide bonds. The van der Waals surface area contributed by atoms with Crippen LogP contribution in [0.3, 0.4) is 0 Å². The summed E-state index contributed by atoms with van der Waals surface area (Å²) >= 11 is 6.83. The van der Waals surface area contributed by atoms with E-state index in [2.05, 4.69) is 0 Å². The van der Waals surface area contributed by atoms with Crippen LogP contribution >= 0.6 is 18.5 Å². The molecule has 0 unspecified atom stereocenters. The van der Waals surface area contributed by atoms with Crippen molar-refractivity contribution in [3.63, 3.8) is 0 Å². The summed E-state index contributed by atoms with van der Waals surface area (Å²) in [5.74, 6) is 0.713. The van der Waals surface area contributed by atoms with Crippen LogP contribution in [-0.4, -0.2) is 20.5 Å². The Balaban J connectivity index is 2.94. The number of hydrogen-bond donors (Lipinski definition) is 0. The third-order valence-electron chi connectivity index (χ3n) is 2.04. The molecule has 0 aliphatic heterocycles. The highest BCUT2D eigenvalue weighted by Gasteiger charge is 2.19. The molecule has 90 valence electrons. The molecule has 0 spiro atoms. The van der Waals surface area contributed by atoms with Crippen LogP contribution in [0, 0.1) is 6.92 Å². The van der Waals surface area contributed by atoms with Crippen LogP contribution in [-0.2, 0) is 20.9 Å². The SMILES string of the molecule is COP(=S)(OC)Oc1ccc(SC)cc1C. The number of thioether (sulfide) groups is 1. The van der Waals surface area contributed by atoms with E-state index in [0.29, 0.717) is 5.75 Å². The summed E-state index contributed by atoms with van der Waals surface area (Å²) in [5.41, 5.74) is 1.02. The number of hydrogen-bond acceptors (Lipinski definition) is 5. The summed E-state index contributed by atoms with van der Waals surface area (Å²) in [6.45, 7) is -0.655. The van der Waals surface area contributed by atoms with Gasteiger partial charge in [-0.25, -0.2) is 0 Å². The predicted molar refractivity (Wildman–Crippen MR) is 71.9 cm³/mol. The van der Waals surface area contributed by atoms with E-state index in [9.17, 15) is 0 Å². The van der Waals surface area contributed by atoms with Crippen molar-refractivity contribution in [3.8, 4) is 5.75 Å². The smallest absolute Gasteiger partial charge is 0.380 e. The maximum absolute atomic E-state index is 5.60. The van der Waals surface area contributed by atoms with Crippen LogP contribution < -0.4 is 4.52 Å². The minimum atomic E-state index is -2.63. The largest absolute Gasteiger partial charge is 0.424 e. The second-order valence-electron chi connectivity index (χ2n) is 3.04. The van der Waals surface area contributed by atoms with Gasteiger partial charge in [-0.1, -0.05) is 0 Å². The molecule has 0 aliphatic carbocycles. The number of benzene rings is 1. The standard InChI is InChI=1S/C10H15O3PS2/c1-8-7-9(16-4)5-6-10(8)13-14(15,11-2)12-3/h5-7H,1-4H3. The Morgan fingerprint density at radius 2 is 1.88 bits per heavy atom. The zero-order valence-electron chi connectivity index (χ0n) is 9.72. The lowest BCUT2D eigenvalue weighted by atomic mass is 10.2. The first kappa shape index (κ1) is 14.0.